The van der Waals surface area contributed by atoms with Gasteiger partial charge in [0.05, 0.1) is 0 Å². The van der Waals surface area contributed by atoms with E-state index >= 15 is 0 Å². The second-order valence-electron chi connectivity index (χ2n) is 7.09. The van der Waals surface area contributed by atoms with Crippen molar-refractivity contribution in [1.29, 1.82) is 0 Å². The molecule has 3 aliphatic heterocycles. The number of anilines is 1. The smallest absolute Gasteiger partial charge is 0.0376 e. The lowest BCUT2D eigenvalue weighted by Gasteiger charge is -2.47. The summed E-state index contributed by atoms with van der Waals surface area (Å²) in [5.74, 6) is 0. The lowest BCUT2D eigenvalue weighted by Crippen LogP contribution is -2.58. The van der Waals surface area contributed by atoms with E-state index in [4.69, 9.17) is 0 Å². The maximum atomic E-state index is 3.51. The molecule has 3 aliphatic rings. The molecule has 3 heterocycles. The first kappa shape index (κ1) is 13.6. The molecule has 0 amide bonds. The minimum absolute atomic E-state index is 0.681. The van der Waals surface area contributed by atoms with Gasteiger partial charge in [0.2, 0.25) is 0 Å². The molecule has 21 heavy (non-hydrogen) atoms. The Balaban J connectivity index is 1.46. The van der Waals surface area contributed by atoms with E-state index in [-0.39, 0.29) is 0 Å². The highest BCUT2D eigenvalue weighted by atomic mass is 15.3. The molecule has 3 heteroatoms. The topological polar surface area (TPSA) is 18.5 Å². The number of piperidine rings is 1. The normalized spacial score (nSPS) is 29.8. The van der Waals surface area contributed by atoms with Crippen LogP contribution in [0.2, 0.25) is 0 Å². The molecule has 0 saturated carbocycles. The van der Waals surface area contributed by atoms with E-state index in [0.717, 1.165) is 19.1 Å². The zero-order valence-corrected chi connectivity index (χ0v) is 13.1. The molecule has 0 radical (unpaired) electrons. The van der Waals surface area contributed by atoms with Gasteiger partial charge in [-0.2, -0.15) is 0 Å². The summed E-state index contributed by atoms with van der Waals surface area (Å²) in [7, 11) is 0. The van der Waals surface area contributed by atoms with Crippen molar-refractivity contribution >= 4 is 5.69 Å². The van der Waals surface area contributed by atoms with E-state index in [1.54, 1.807) is 0 Å². The summed E-state index contributed by atoms with van der Waals surface area (Å²) in [5, 5.41) is 3.51. The average Bonchev–Trinajstić information content (AvgIpc) is 2.95. The molecule has 0 bridgehead atoms. The molecule has 0 aromatic heterocycles. The predicted octanol–water partition coefficient (Wildman–Crippen LogP) is 2.71. The van der Waals surface area contributed by atoms with Crippen LogP contribution in [0.1, 0.15) is 37.3 Å². The van der Waals surface area contributed by atoms with Gasteiger partial charge in [0, 0.05) is 44.0 Å². The van der Waals surface area contributed by atoms with Gasteiger partial charge in [-0.25, -0.2) is 0 Å². The number of hydrogen-bond acceptors (Lipinski definition) is 3. The Morgan fingerprint density at radius 3 is 3.14 bits per heavy atom. The Hall–Kier alpha value is -1.06. The van der Waals surface area contributed by atoms with Gasteiger partial charge in [0.1, 0.15) is 0 Å². The molecular weight excluding hydrogens is 258 g/mol. The maximum absolute atomic E-state index is 3.51. The van der Waals surface area contributed by atoms with Crippen LogP contribution in [0.25, 0.3) is 0 Å². The van der Waals surface area contributed by atoms with Crippen molar-refractivity contribution in [3.63, 3.8) is 0 Å². The quantitative estimate of drug-likeness (QED) is 0.901. The standard InChI is InChI=1S/C18H27N3/c1-14-11-20-9-3-2-4-17(20)13-21(14)12-15-5-6-16-7-8-19-18(16)10-15/h5-6,10,14,17,19H,2-4,7-9,11-13H2,1H3. The molecular formula is C18H27N3. The van der Waals surface area contributed by atoms with Crippen LogP contribution in [0.4, 0.5) is 5.69 Å². The highest BCUT2D eigenvalue weighted by molar-refractivity contribution is 5.57. The third-order valence-corrected chi connectivity index (χ3v) is 5.59. The molecule has 0 aliphatic carbocycles. The molecule has 2 unspecified atom stereocenters. The predicted molar refractivity (Wildman–Crippen MR) is 87.7 cm³/mol. The average molecular weight is 285 g/mol. The van der Waals surface area contributed by atoms with Crippen LogP contribution >= 0.6 is 0 Å². The van der Waals surface area contributed by atoms with Crippen LogP contribution < -0.4 is 5.32 Å². The molecule has 1 aromatic carbocycles. The Morgan fingerprint density at radius 1 is 1.24 bits per heavy atom. The van der Waals surface area contributed by atoms with Crippen molar-refractivity contribution < 1.29 is 0 Å². The zero-order valence-electron chi connectivity index (χ0n) is 13.1. The first-order valence-corrected chi connectivity index (χ1v) is 8.63. The Morgan fingerprint density at radius 2 is 2.19 bits per heavy atom. The fraction of sp³-hybridized carbons (Fsp3) is 0.667. The van der Waals surface area contributed by atoms with Gasteiger partial charge in [-0.3, -0.25) is 9.80 Å². The van der Waals surface area contributed by atoms with E-state index in [2.05, 4.69) is 40.2 Å². The van der Waals surface area contributed by atoms with E-state index in [9.17, 15) is 0 Å². The van der Waals surface area contributed by atoms with Crippen molar-refractivity contribution in [3.05, 3.63) is 29.3 Å². The van der Waals surface area contributed by atoms with Gasteiger partial charge in [-0.05, 0) is 49.9 Å². The van der Waals surface area contributed by atoms with Gasteiger partial charge in [0.15, 0.2) is 0 Å². The Labute approximate surface area is 128 Å². The molecule has 1 N–H and O–H groups in total. The zero-order chi connectivity index (χ0) is 14.2. The maximum Gasteiger partial charge on any atom is 0.0376 e. The Kier molecular flexibility index (Phi) is 3.64. The van der Waals surface area contributed by atoms with Crippen LogP contribution in [0.3, 0.4) is 0 Å². The number of nitrogens with zero attached hydrogens (tertiary/aromatic N) is 2. The van der Waals surface area contributed by atoms with Crippen molar-refractivity contribution in [1.82, 2.24) is 9.80 Å². The van der Waals surface area contributed by atoms with Crippen molar-refractivity contribution in [2.24, 2.45) is 0 Å². The molecule has 0 spiro atoms. The summed E-state index contributed by atoms with van der Waals surface area (Å²) in [5.41, 5.74) is 4.33. The minimum Gasteiger partial charge on any atom is -0.384 e. The molecule has 2 atom stereocenters. The molecule has 1 aromatic rings. The molecule has 114 valence electrons. The second kappa shape index (κ2) is 5.62. The van der Waals surface area contributed by atoms with Crippen molar-refractivity contribution in [2.75, 3.05) is 31.5 Å². The van der Waals surface area contributed by atoms with E-state index in [1.807, 2.05) is 0 Å². The van der Waals surface area contributed by atoms with Crippen LogP contribution in [0.15, 0.2) is 18.2 Å². The SMILES string of the molecule is CC1CN2CCCCC2CN1Cc1ccc2c(c1)NCC2. The lowest BCUT2D eigenvalue weighted by molar-refractivity contribution is 0.0111. The van der Waals surface area contributed by atoms with Gasteiger partial charge in [-0.15, -0.1) is 0 Å². The van der Waals surface area contributed by atoms with Gasteiger partial charge in [0.25, 0.3) is 0 Å². The highest BCUT2D eigenvalue weighted by Gasteiger charge is 2.32. The molecule has 3 nitrogen and oxygen atoms in total. The van der Waals surface area contributed by atoms with Crippen molar-refractivity contribution in [2.45, 2.75) is 51.2 Å². The van der Waals surface area contributed by atoms with Crippen LogP contribution in [-0.2, 0) is 13.0 Å². The minimum atomic E-state index is 0.681. The fourth-order valence-corrected chi connectivity index (χ4v) is 4.30. The second-order valence-corrected chi connectivity index (χ2v) is 7.09. The first-order valence-electron chi connectivity index (χ1n) is 8.63. The summed E-state index contributed by atoms with van der Waals surface area (Å²) in [4.78, 5) is 5.43. The van der Waals surface area contributed by atoms with Gasteiger partial charge < -0.3 is 5.32 Å². The Bertz CT molecular complexity index is 513. The largest absolute Gasteiger partial charge is 0.384 e. The monoisotopic (exact) mass is 285 g/mol. The number of nitrogens with one attached hydrogen (secondary N) is 1. The molecule has 2 fully saturated rings. The first-order chi connectivity index (χ1) is 10.3. The summed E-state index contributed by atoms with van der Waals surface area (Å²) in [6.45, 7) is 8.46. The fourth-order valence-electron chi connectivity index (χ4n) is 4.30. The summed E-state index contributed by atoms with van der Waals surface area (Å²) in [6.07, 6.45) is 5.41. The van der Waals surface area contributed by atoms with Crippen LogP contribution in [-0.4, -0.2) is 48.1 Å². The van der Waals surface area contributed by atoms with Crippen molar-refractivity contribution in [3.8, 4) is 0 Å². The number of rotatable bonds is 2. The third kappa shape index (κ3) is 2.69. The molecule has 2 saturated heterocycles. The van der Waals surface area contributed by atoms with Gasteiger partial charge >= 0.3 is 0 Å². The van der Waals surface area contributed by atoms with Crippen LogP contribution in [0, 0.1) is 0 Å². The number of hydrogen-bond donors (Lipinski definition) is 1. The summed E-state index contributed by atoms with van der Waals surface area (Å²) in [6, 6.07) is 8.53. The third-order valence-electron chi connectivity index (χ3n) is 5.59. The van der Waals surface area contributed by atoms with Gasteiger partial charge in [-0.1, -0.05) is 18.6 Å². The van der Waals surface area contributed by atoms with E-state index < -0.39 is 0 Å². The highest BCUT2D eigenvalue weighted by Crippen LogP contribution is 2.27. The summed E-state index contributed by atoms with van der Waals surface area (Å²) < 4.78 is 0. The van der Waals surface area contributed by atoms with Crippen LogP contribution in [0.5, 0.6) is 0 Å². The number of fused-ring (bicyclic) bond motifs is 2. The van der Waals surface area contributed by atoms with E-state index in [1.165, 1.54) is 62.1 Å². The number of piperazine rings is 1. The molecule has 4 rings (SSSR count). The summed E-state index contributed by atoms with van der Waals surface area (Å²) >= 11 is 0. The van der Waals surface area contributed by atoms with E-state index in [0.29, 0.717) is 6.04 Å². The number of benzene rings is 1. The lowest BCUT2D eigenvalue weighted by atomic mass is 9.96.